The first-order valence-corrected chi connectivity index (χ1v) is 14.5. The quantitative estimate of drug-likeness (QED) is 0.201. The molecule has 0 heterocycles. The lowest BCUT2D eigenvalue weighted by molar-refractivity contribution is 0.145. The van der Waals surface area contributed by atoms with Gasteiger partial charge < -0.3 is 0 Å². The Morgan fingerprint density at radius 2 is 1.56 bits per heavy atom. The van der Waals surface area contributed by atoms with Crippen LogP contribution < -0.4 is 0 Å². The van der Waals surface area contributed by atoms with Gasteiger partial charge in [0, 0.05) is 0 Å². The highest BCUT2D eigenvalue weighted by Crippen LogP contribution is 2.46. The topological polar surface area (TPSA) is 0 Å². The van der Waals surface area contributed by atoms with Crippen molar-refractivity contribution in [1.29, 1.82) is 0 Å². The highest BCUT2D eigenvalue weighted by Gasteiger charge is 2.32. The van der Waals surface area contributed by atoms with Gasteiger partial charge in [0.1, 0.15) is 0 Å². The highest BCUT2D eigenvalue weighted by atomic mass is 14.4. The molecule has 0 N–H and O–H groups in total. The molecule has 0 heteroatoms. The van der Waals surface area contributed by atoms with Gasteiger partial charge in [0.25, 0.3) is 0 Å². The van der Waals surface area contributed by atoms with Crippen LogP contribution in [0.5, 0.6) is 0 Å². The maximum absolute atomic E-state index is 2.59. The van der Waals surface area contributed by atoms with Gasteiger partial charge in [-0.2, -0.15) is 0 Å². The second-order valence-corrected chi connectivity index (χ2v) is 11.3. The van der Waals surface area contributed by atoms with Gasteiger partial charge >= 0.3 is 0 Å². The molecule has 180 valence electrons. The summed E-state index contributed by atoms with van der Waals surface area (Å²) in [7, 11) is 0. The van der Waals surface area contributed by atoms with Crippen LogP contribution in [0.25, 0.3) is 0 Å². The maximum atomic E-state index is 2.59. The van der Waals surface area contributed by atoms with Crippen LogP contribution in [0.4, 0.5) is 0 Å². The van der Waals surface area contributed by atoms with Gasteiger partial charge in [-0.25, -0.2) is 0 Å². The number of aryl methyl sites for hydroxylation is 1. The Hall–Kier alpha value is -1.04. The predicted octanol–water partition coefficient (Wildman–Crippen LogP) is 10.7. The van der Waals surface area contributed by atoms with E-state index >= 15 is 0 Å². The Labute approximate surface area is 200 Å². The van der Waals surface area contributed by atoms with Crippen molar-refractivity contribution in [3.8, 4) is 0 Å². The molecule has 1 aromatic rings. The third kappa shape index (κ3) is 8.39. The van der Waals surface area contributed by atoms with Crippen molar-refractivity contribution in [2.45, 2.75) is 148 Å². The van der Waals surface area contributed by atoms with Crippen LogP contribution in [0.1, 0.15) is 153 Å². The molecule has 2 aliphatic carbocycles. The summed E-state index contributed by atoms with van der Waals surface area (Å²) in [5.41, 5.74) is 5.59. The molecule has 0 spiro atoms. The van der Waals surface area contributed by atoms with Crippen molar-refractivity contribution in [2.75, 3.05) is 0 Å². The molecule has 1 saturated carbocycles. The molecule has 32 heavy (non-hydrogen) atoms. The van der Waals surface area contributed by atoms with Gasteiger partial charge in [0.15, 0.2) is 0 Å². The molecule has 0 saturated heterocycles. The SMILES string of the molecule is CCCCCCc1ccc(C(CCC2(CCCC)CCCCC2)CC2=CCCCC2)cc1. The molecule has 0 aromatic heterocycles. The van der Waals surface area contributed by atoms with Crippen LogP contribution in [-0.4, -0.2) is 0 Å². The Kier molecular flexibility index (Phi) is 11.4. The summed E-state index contributed by atoms with van der Waals surface area (Å²) in [4.78, 5) is 0. The lowest BCUT2D eigenvalue weighted by atomic mass is 9.67. The second kappa shape index (κ2) is 14.3. The number of allylic oxidation sites excluding steroid dienone is 2. The van der Waals surface area contributed by atoms with Crippen molar-refractivity contribution in [3.63, 3.8) is 0 Å². The van der Waals surface area contributed by atoms with E-state index < -0.39 is 0 Å². The zero-order valence-electron chi connectivity index (χ0n) is 21.6. The third-order valence-corrected chi connectivity index (χ3v) is 8.66. The van der Waals surface area contributed by atoms with Crippen LogP contribution in [0, 0.1) is 5.41 Å². The van der Waals surface area contributed by atoms with Gasteiger partial charge in [0.05, 0.1) is 0 Å². The fourth-order valence-corrected chi connectivity index (χ4v) is 6.46. The van der Waals surface area contributed by atoms with Crippen LogP contribution in [-0.2, 0) is 6.42 Å². The van der Waals surface area contributed by atoms with Crippen molar-refractivity contribution >= 4 is 0 Å². The molecule has 0 bridgehead atoms. The fourth-order valence-electron chi connectivity index (χ4n) is 6.46. The predicted molar refractivity (Wildman–Crippen MR) is 142 cm³/mol. The molecule has 0 nitrogen and oxygen atoms in total. The van der Waals surface area contributed by atoms with E-state index in [0.717, 1.165) is 5.92 Å². The number of hydrogen-bond acceptors (Lipinski definition) is 0. The minimum absolute atomic E-state index is 0.659. The van der Waals surface area contributed by atoms with E-state index in [1.807, 2.05) is 0 Å². The summed E-state index contributed by atoms with van der Waals surface area (Å²) >= 11 is 0. The number of rotatable bonds is 14. The normalized spacial score (nSPS) is 19.5. The highest BCUT2D eigenvalue weighted by molar-refractivity contribution is 5.27. The van der Waals surface area contributed by atoms with E-state index in [9.17, 15) is 0 Å². The van der Waals surface area contributed by atoms with Crippen LogP contribution >= 0.6 is 0 Å². The van der Waals surface area contributed by atoms with Gasteiger partial charge in [-0.1, -0.05) is 101 Å². The first-order valence-electron chi connectivity index (χ1n) is 14.5. The zero-order valence-corrected chi connectivity index (χ0v) is 21.6. The Morgan fingerprint density at radius 3 is 2.25 bits per heavy atom. The van der Waals surface area contributed by atoms with E-state index in [2.05, 4.69) is 44.2 Å². The Bertz CT molecular complexity index is 643. The molecule has 1 unspecified atom stereocenters. The summed E-state index contributed by atoms with van der Waals surface area (Å²) in [5.74, 6) is 0.730. The smallest absolute Gasteiger partial charge is 0.0125 e. The van der Waals surface area contributed by atoms with Crippen LogP contribution in [0.3, 0.4) is 0 Å². The van der Waals surface area contributed by atoms with E-state index in [-0.39, 0.29) is 0 Å². The minimum atomic E-state index is 0.659. The summed E-state index contributed by atoms with van der Waals surface area (Å²) in [6.45, 7) is 4.68. The number of benzene rings is 1. The number of hydrogen-bond donors (Lipinski definition) is 0. The molecule has 1 fully saturated rings. The van der Waals surface area contributed by atoms with Gasteiger partial charge in [-0.3, -0.25) is 0 Å². The van der Waals surface area contributed by atoms with E-state index in [1.54, 1.807) is 16.7 Å². The average Bonchev–Trinajstić information content (AvgIpc) is 2.85. The molecule has 1 atom stereocenters. The van der Waals surface area contributed by atoms with Crippen molar-refractivity contribution in [3.05, 3.63) is 47.0 Å². The lowest BCUT2D eigenvalue weighted by Gasteiger charge is -2.39. The van der Waals surface area contributed by atoms with E-state index in [4.69, 9.17) is 0 Å². The molecular formula is C32H52. The molecule has 0 amide bonds. The second-order valence-electron chi connectivity index (χ2n) is 11.3. The Morgan fingerprint density at radius 1 is 0.781 bits per heavy atom. The van der Waals surface area contributed by atoms with E-state index in [0.29, 0.717) is 5.41 Å². The summed E-state index contributed by atoms with van der Waals surface area (Å²) < 4.78 is 0. The summed E-state index contributed by atoms with van der Waals surface area (Å²) in [6.07, 6.45) is 30.7. The average molecular weight is 437 g/mol. The summed E-state index contributed by atoms with van der Waals surface area (Å²) in [6, 6.07) is 9.92. The van der Waals surface area contributed by atoms with E-state index in [1.165, 1.54) is 128 Å². The standard InChI is InChI=1S/C32H52/c1-3-5-7-10-15-28-18-20-30(21-19-28)31(27-29-16-11-8-12-17-29)22-26-32(23-6-4-2)24-13-9-14-25-32/h16,18-21,31H,3-15,17,22-27H2,1-2H3. The molecular weight excluding hydrogens is 384 g/mol. The van der Waals surface area contributed by atoms with Crippen molar-refractivity contribution in [1.82, 2.24) is 0 Å². The van der Waals surface area contributed by atoms with Crippen LogP contribution in [0.15, 0.2) is 35.9 Å². The molecule has 0 aliphatic heterocycles. The molecule has 3 rings (SSSR count). The molecule has 1 aromatic carbocycles. The first kappa shape index (κ1) is 25.6. The van der Waals surface area contributed by atoms with Crippen molar-refractivity contribution in [2.24, 2.45) is 5.41 Å². The number of unbranched alkanes of at least 4 members (excludes halogenated alkanes) is 4. The molecule has 0 radical (unpaired) electrons. The fraction of sp³-hybridized carbons (Fsp3) is 0.750. The van der Waals surface area contributed by atoms with Gasteiger partial charge in [0.2, 0.25) is 0 Å². The van der Waals surface area contributed by atoms with Gasteiger partial charge in [-0.15, -0.1) is 0 Å². The maximum Gasteiger partial charge on any atom is -0.0125 e. The molecule has 2 aliphatic rings. The summed E-state index contributed by atoms with van der Waals surface area (Å²) in [5, 5.41) is 0. The largest absolute Gasteiger partial charge is 0.0853 e. The Balaban J connectivity index is 1.66. The van der Waals surface area contributed by atoms with Crippen LogP contribution in [0.2, 0.25) is 0 Å². The van der Waals surface area contributed by atoms with Crippen molar-refractivity contribution < 1.29 is 0 Å². The van der Waals surface area contributed by atoms with Gasteiger partial charge in [-0.05, 0) is 99.5 Å². The first-order chi connectivity index (χ1) is 15.7. The minimum Gasteiger partial charge on any atom is -0.0853 e. The third-order valence-electron chi connectivity index (χ3n) is 8.66. The monoisotopic (exact) mass is 436 g/mol. The lowest BCUT2D eigenvalue weighted by Crippen LogP contribution is -2.25. The zero-order chi connectivity index (χ0) is 22.5.